The van der Waals surface area contributed by atoms with Gasteiger partial charge in [-0.2, -0.15) is 0 Å². The first-order valence-electron chi connectivity index (χ1n) is 7.65. The average molecular weight is 435 g/mol. The first kappa shape index (κ1) is 21.3. The van der Waals surface area contributed by atoms with Crippen molar-refractivity contribution in [1.29, 1.82) is 0 Å². The van der Waals surface area contributed by atoms with Crippen LogP contribution < -0.4 is 18.9 Å². The molecule has 2 aromatic rings. The van der Waals surface area contributed by atoms with Gasteiger partial charge in [-0.05, 0) is 12.1 Å². The summed E-state index contributed by atoms with van der Waals surface area (Å²) >= 11 is 5.98. The highest BCUT2D eigenvalue weighted by molar-refractivity contribution is 7.92. The van der Waals surface area contributed by atoms with Gasteiger partial charge in [0.05, 0.1) is 35.6 Å². The summed E-state index contributed by atoms with van der Waals surface area (Å²) in [6.07, 6.45) is 0. The maximum atomic E-state index is 12.3. The van der Waals surface area contributed by atoms with Gasteiger partial charge in [-0.3, -0.25) is 4.72 Å². The minimum atomic E-state index is -3.87. The number of benzene rings is 2. The highest BCUT2D eigenvalue weighted by Crippen LogP contribution is 2.36. The van der Waals surface area contributed by atoms with Crippen LogP contribution in [0, 0.1) is 0 Å². The van der Waals surface area contributed by atoms with Gasteiger partial charge in [0, 0.05) is 18.7 Å². The van der Waals surface area contributed by atoms with Crippen molar-refractivity contribution < 1.29 is 26.3 Å². The highest BCUT2D eigenvalue weighted by Gasteiger charge is 2.19. The van der Waals surface area contributed by atoms with Crippen LogP contribution in [-0.2, 0) is 20.0 Å². The average Bonchev–Trinajstić information content (AvgIpc) is 2.63. The fourth-order valence-electron chi connectivity index (χ4n) is 2.15. The number of hydrogen-bond acceptors (Lipinski definition) is 6. The molecule has 11 heteroatoms. The molecule has 0 saturated heterocycles. The SMILES string of the molecule is COc1cc(NS(=O)(=O)CCNS(=O)(=O)c2ccccc2)c(OC)cc1Cl. The number of halogens is 1. The number of rotatable bonds is 9. The molecular formula is C16H19ClN2O6S2. The molecule has 0 saturated carbocycles. The van der Waals surface area contributed by atoms with Crippen LogP contribution in [0.3, 0.4) is 0 Å². The molecule has 0 aromatic heterocycles. The molecule has 0 spiro atoms. The van der Waals surface area contributed by atoms with Gasteiger partial charge >= 0.3 is 0 Å². The fraction of sp³-hybridized carbons (Fsp3) is 0.250. The Morgan fingerprint density at radius 1 is 0.963 bits per heavy atom. The van der Waals surface area contributed by atoms with Crippen LogP contribution in [0.25, 0.3) is 0 Å². The van der Waals surface area contributed by atoms with E-state index in [2.05, 4.69) is 9.44 Å². The molecule has 8 nitrogen and oxygen atoms in total. The molecule has 0 aliphatic carbocycles. The molecule has 2 aromatic carbocycles. The molecule has 0 heterocycles. The van der Waals surface area contributed by atoms with Gasteiger partial charge in [0.2, 0.25) is 20.0 Å². The summed E-state index contributed by atoms with van der Waals surface area (Å²) in [4.78, 5) is 0.0551. The van der Waals surface area contributed by atoms with E-state index in [0.717, 1.165) is 0 Å². The van der Waals surface area contributed by atoms with Gasteiger partial charge in [-0.15, -0.1) is 0 Å². The Labute approximate surface area is 163 Å². The van der Waals surface area contributed by atoms with Crippen LogP contribution in [0.2, 0.25) is 5.02 Å². The van der Waals surface area contributed by atoms with Crippen molar-refractivity contribution in [1.82, 2.24) is 4.72 Å². The number of ether oxygens (including phenoxy) is 2. The Hall–Kier alpha value is -2.01. The van der Waals surface area contributed by atoms with Crippen molar-refractivity contribution in [2.24, 2.45) is 0 Å². The monoisotopic (exact) mass is 434 g/mol. The summed E-state index contributed by atoms with van der Waals surface area (Å²) < 4.78 is 63.6. The Morgan fingerprint density at radius 3 is 2.19 bits per heavy atom. The molecule has 27 heavy (non-hydrogen) atoms. The van der Waals surface area contributed by atoms with E-state index >= 15 is 0 Å². The first-order chi connectivity index (χ1) is 12.7. The molecule has 0 unspecified atom stereocenters. The van der Waals surface area contributed by atoms with Crippen LogP contribution in [0.1, 0.15) is 0 Å². The quantitative estimate of drug-likeness (QED) is 0.625. The third-order valence-electron chi connectivity index (χ3n) is 3.46. The van der Waals surface area contributed by atoms with Gasteiger partial charge in [0.1, 0.15) is 11.5 Å². The minimum Gasteiger partial charge on any atom is -0.495 e. The normalized spacial score (nSPS) is 11.8. The van der Waals surface area contributed by atoms with Crippen molar-refractivity contribution in [2.45, 2.75) is 4.90 Å². The highest BCUT2D eigenvalue weighted by atomic mass is 35.5. The fourth-order valence-corrected chi connectivity index (χ4v) is 4.53. The lowest BCUT2D eigenvalue weighted by atomic mass is 10.3. The van der Waals surface area contributed by atoms with Crippen LogP contribution in [0.5, 0.6) is 11.5 Å². The van der Waals surface area contributed by atoms with E-state index in [1.165, 1.54) is 38.5 Å². The molecule has 0 aliphatic heterocycles. The van der Waals surface area contributed by atoms with Crippen LogP contribution in [0.4, 0.5) is 5.69 Å². The zero-order chi connectivity index (χ0) is 20.1. The van der Waals surface area contributed by atoms with Crippen LogP contribution in [0.15, 0.2) is 47.4 Å². The third kappa shape index (κ3) is 5.73. The van der Waals surface area contributed by atoms with Crippen molar-refractivity contribution in [3.05, 3.63) is 47.5 Å². The lowest BCUT2D eigenvalue weighted by molar-refractivity contribution is 0.405. The number of anilines is 1. The van der Waals surface area contributed by atoms with E-state index in [1.807, 2.05) is 0 Å². The Kier molecular flexibility index (Phi) is 6.93. The van der Waals surface area contributed by atoms with Gasteiger partial charge < -0.3 is 9.47 Å². The van der Waals surface area contributed by atoms with E-state index in [9.17, 15) is 16.8 Å². The second-order valence-corrected chi connectivity index (χ2v) is 9.33. The maximum Gasteiger partial charge on any atom is 0.240 e. The molecule has 0 atom stereocenters. The molecule has 0 amide bonds. The molecule has 0 radical (unpaired) electrons. The van der Waals surface area contributed by atoms with Gasteiger partial charge in [-0.1, -0.05) is 29.8 Å². The first-order valence-corrected chi connectivity index (χ1v) is 11.2. The summed E-state index contributed by atoms with van der Waals surface area (Å²) in [6.45, 7) is -0.306. The van der Waals surface area contributed by atoms with Crippen molar-refractivity contribution in [2.75, 3.05) is 31.2 Å². The Balaban J connectivity index is 2.08. The number of sulfonamides is 2. The minimum absolute atomic E-state index is 0.0551. The second kappa shape index (κ2) is 8.79. The maximum absolute atomic E-state index is 12.3. The standard InChI is InChI=1S/C16H19ClN2O6S2/c1-24-15-11-14(16(25-2)10-13(15)17)19-26(20,21)9-8-18-27(22,23)12-6-4-3-5-7-12/h3-7,10-11,18-19H,8-9H2,1-2H3. The molecule has 2 N–H and O–H groups in total. The molecule has 2 rings (SSSR count). The molecule has 0 fully saturated rings. The summed E-state index contributed by atoms with van der Waals surface area (Å²) in [7, 11) is -4.90. The zero-order valence-electron chi connectivity index (χ0n) is 14.6. The summed E-state index contributed by atoms with van der Waals surface area (Å²) in [6, 6.07) is 10.5. The van der Waals surface area contributed by atoms with Crippen LogP contribution in [-0.4, -0.2) is 43.4 Å². The van der Waals surface area contributed by atoms with Crippen LogP contribution >= 0.6 is 11.6 Å². The zero-order valence-corrected chi connectivity index (χ0v) is 17.0. The molecule has 0 bridgehead atoms. The van der Waals surface area contributed by atoms with Gasteiger partial charge in [-0.25, -0.2) is 21.6 Å². The smallest absolute Gasteiger partial charge is 0.240 e. The lowest BCUT2D eigenvalue weighted by Crippen LogP contribution is -2.31. The van der Waals surface area contributed by atoms with Crippen molar-refractivity contribution >= 4 is 37.3 Å². The lowest BCUT2D eigenvalue weighted by Gasteiger charge is -2.14. The molecule has 148 valence electrons. The summed E-state index contributed by atoms with van der Waals surface area (Å²) in [5.41, 5.74) is 0.129. The van der Waals surface area contributed by atoms with E-state index in [0.29, 0.717) is 0 Å². The van der Waals surface area contributed by atoms with Gasteiger partial charge in [0.25, 0.3) is 0 Å². The van der Waals surface area contributed by atoms with E-state index in [-0.39, 0.29) is 33.6 Å². The number of methoxy groups -OCH3 is 2. The Bertz CT molecular complexity index is 995. The second-order valence-electron chi connectivity index (χ2n) is 5.32. The molecular weight excluding hydrogens is 416 g/mol. The number of hydrogen-bond donors (Lipinski definition) is 2. The predicted octanol–water partition coefficient (Wildman–Crippen LogP) is 2.08. The predicted molar refractivity (Wildman–Crippen MR) is 104 cm³/mol. The largest absolute Gasteiger partial charge is 0.495 e. The number of nitrogens with one attached hydrogen (secondary N) is 2. The van der Waals surface area contributed by atoms with Crippen molar-refractivity contribution in [3.8, 4) is 11.5 Å². The van der Waals surface area contributed by atoms with E-state index in [4.69, 9.17) is 21.1 Å². The topological polar surface area (TPSA) is 111 Å². The van der Waals surface area contributed by atoms with Crippen molar-refractivity contribution in [3.63, 3.8) is 0 Å². The third-order valence-corrected chi connectivity index (χ3v) is 6.50. The molecule has 0 aliphatic rings. The summed E-state index contributed by atoms with van der Waals surface area (Å²) in [5, 5.41) is 0.257. The Morgan fingerprint density at radius 2 is 1.59 bits per heavy atom. The van der Waals surface area contributed by atoms with Gasteiger partial charge in [0.15, 0.2) is 0 Å². The van der Waals surface area contributed by atoms with E-state index < -0.39 is 25.8 Å². The van der Waals surface area contributed by atoms with E-state index in [1.54, 1.807) is 18.2 Å². The summed E-state index contributed by atoms with van der Waals surface area (Å²) in [5.74, 6) is -0.0122.